The number of nitrogens with zero attached hydrogens (tertiary/aromatic N) is 2. The molecule has 0 fully saturated rings. The van der Waals surface area contributed by atoms with Crippen LogP contribution in [0.1, 0.15) is 11.3 Å². The highest BCUT2D eigenvalue weighted by atomic mass is 32.2. The van der Waals surface area contributed by atoms with Crippen LogP contribution in [0.5, 0.6) is 0 Å². The van der Waals surface area contributed by atoms with Crippen LogP contribution in [0, 0.1) is 17.1 Å². The summed E-state index contributed by atoms with van der Waals surface area (Å²) in [4.78, 5) is 6.53. The number of halogens is 1. The number of benzene rings is 1. The van der Waals surface area contributed by atoms with E-state index in [9.17, 15) is 12.8 Å². The molecule has 0 spiro atoms. The minimum atomic E-state index is -3.76. The van der Waals surface area contributed by atoms with Crippen LogP contribution in [0.25, 0.3) is 0 Å². The van der Waals surface area contributed by atoms with Gasteiger partial charge in [0.05, 0.1) is 16.8 Å². The van der Waals surface area contributed by atoms with E-state index in [1.807, 2.05) is 0 Å². The Bertz CT molecular complexity index is 735. The zero-order valence-corrected chi connectivity index (χ0v) is 11.1. The molecule has 0 saturated heterocycles. The highest BCUT2D eigenvalue weighted by Crippen LogP contribution is 2.14. The van der Waals surface area contributed by atoms with Crippen LogP contribution in [0.4, 0.5) is 4.39 Å². The third kappa shape index (κ3) is 3.20. The SMILES string of the molecule is N#Cc1cc(S(=O)(=O)NCCc2cnc[nH]2)ccc1F. The molecule has 6 nitrogen and oxygen atoms in total. The quantitative estimate of drug-likeness (QED) is 0.857. The van der Waals surface area contributed by atoms with E-state index in [-0.39, 0.29) is 17.0 Å². The van der Waals surface area contributed by atoms with Crippen LogP contribution in [0.2, 0.25) is 0 Å². The average Bonchev–Trinajstić information content (AvgIpc) is 2.92. The molecule has 104 valence electrons. The molecule has 8 heteroatoms. The molecule has 2 rings (SSSR count). The van der Waals surface area contributed by atoms with Crippen molar-refractivity contribution in [3.8, 4) is 6.07 Å². The maximum atomic E-state index is 13.1. The maximum Gasteiger partial charge on any atom is 0.240 e. The normalized spacial score (nSPS) is 11.2. The zero-order valence-electron chi connectivity index (χ0n) is 10.3. The Kier molecular flexibility index (Phi) is 4.12. The van der Waals surface area contributed by atoms with Crippen molar-refractivity contribution < 1.29 is 12.8 Å². The fraction of sp³-hybridized carbons (Fsp3) is 0.167. The van der Waals surface area contributed by atoms with Gasteiger partial charge in [-0.05, 0) is 18.2 Å². The summed E-state index contributed by atoms with van der Waals surface area (Å²) in [6.45, 7) is 0.170. The first kappa shape index (κ1) is 14.2. The van der Waals surface area contributed by atoms with Crippen LogP contribution >= 0.6 is 0 Å². The lowest BCUT2D eigenvalue weighted by molar-refractivity contribution is 0.580. The van der Waals surface area contributed by atoms with E-state index in [4.69, 9.17) is 5.26 Å². The summed E-state index contributed by atoms with van der Waals surface area (Å²) in [5.41, 5.74) is 0.492. The molecule has 2 aromatic rings. The molecule has 0 aliphatic carbocycles. The van der Waals surface area contributed by atoms with Crippen molar-refractivity contribution in [1.82, 2.24) is 14.7 Å². The van der Waals surface area contributed by atoms with Gasteiger partial charge in [0.15, 0.2) is 0 Å². The van der Waals surface area contributed by atoms with E-state index >= 15 is 0 Å². The van der Waals surface area contributed by atoms with Crippen molar-refractivity contribution in [3.05, 3.63) is 47.8 Å². The third-order valence-corrected chi connectivity index (χ3v) is 4.07. The van der Waals surface area contributed by atoms with Crippen molar-refractivity contribution in [2.24, 2.45) is 0 Å². The fourth-order valence-electron chi connectivity index (χ4n) is 1.58. The zero-order chi connectivity index (χ0) is 14.6. The molecule has 0 radical (unpaired) electrons. The van der Waals surface area contributed by atoms with E-state index in [1.165, 1.54) is 6.33 Å². The summed E-state index contributed by atoms with van der Waals surface area (Å²) in [7, 11) is -3.76. The standard InChI is InChI=1S/C12H11FN4O2S/c13-12-2-1-11(5-9(12)6-14)20(18,19)17-4-3-10-7-15-8-16-10/h1-2,5,7-8,17H,3-4H2,(H,15,16). The number of hydrogen-bond acceptors (Lipinski definition) is 4. The first-order valence-electron chi connectivity index (χ1n) is 5.69. The lowest BCUT2D eigenvalue weighted by atomic mass is 10.2. The molecular weight excluding hydrogens is 283 g/mol. The number of rotatable bonds is 5. The Morgan fingerprint density at radius 2 is 2.25 bits per heavy atom. The van der Waals surface area contributed by atoms with Gasteiger partial charge < -0.3 is 4.98 Å². The topological polar surface area (TPSA) is 98.6 Å². The van der Waals surface area contributed by atoms with E-state index in [0.717, 1.165) is 23.9 Å². The van der Waals surface area contributed by atoms with Crippen molar-refractivity contribution in [2.45, 2.75) is 11.3 Å². The number of nitrogens with one attached hydrogen (secondary N) is 2. The molecule has 0 unspecified atom stereocenters. The smallest absolute Gasteiger partial charge is 0.240 e. The Balaban J connectivity index is 2.08. The second kappa shape index (κ2) is 5.81. The lowest BCUT2D eigenvalue weighted by Crippen LogP contribution is -2.26. The van der Waals surface area contributed by atoms with Gasteiger partial charge in [-0.3, -0.25) is 0 Å². The number of H-pyrrole nitrogens is 1. The Morgan fingerprint density at radius 1 is 1.45 bits per heavy atom. The predicted molar refractivity (Wildman–Crippen MR) is 68.6 cm³/mol. The van der Waals surface area contributed by atoms with Gasteiger partial charge in [-0.1, -0.05) is 0 Å². The van der Waals surface area contributed by atoms with Gasteiger partial charge in [0.1, 0.15) is 11.9 Å². The fourth-order valence-corrected chi connectivity index (χ4v) is 2.64. The molecule has 0 bridgehead atoms. The van der Waals surface area contributed by atoms with Crippen LogP contribution in [0.15, 0.2) is 35.6 Å². The predicted octanol–water partition coefficient (Wildman–Crippen LogP) is 0.941. The van der Waals surface area contributed by atoms with Gasteiger partial charge in [-0.25, -0.2) is 22.5 Å². The molecule has 20 heavy (non-hydrogen) atoms. The first-order chi connectivity index (χ1) is 9.53. The number of aromatic nitrogens is 2. The van der Waals surface area contributed by atoms with E-state index in [2.05, 4.69) is 14.7 Å². The first-order valence-corrected chi connectivity index (χ1v) is 7.18. The third-order valence-electron chi connectivity index (χ3n) is 2.61. The van der Waals surface area contributed by atoms with Crippen LogP contribution in [0.3, 0.4) is 0 Å². The molecule has 0 aliphatic heterocycles. The van der Waals surface area contributed by atoms with Gasteiger partial charge in [-0.15, -0.1) is 0 Å². The summed E-state index contributed by atoms with van der Waals surface area (Å²) in [5.74, 6) is -0.746. The maximum absolute atomic E-state index is 13.1. The second-order valence-electron chi connectivity index (χ2n) is 3.98. The van der Waals surface area contributed by atoms with Crippen molar-refractivity contribution in [1.29, 1.82) is 5.26 Å². The monoisotopic (exact) mass is 294 g/mol. The molecule has 0 amide bonds. The van der Waals surface area contributed by atoms with Crippen LogP contribution in [-0.2, 0) is 16.4 Å². The molecule has 1 aromatic heterocycles. The Hall–Kier alpha value is -2.24. The van der Waals surface area contributed by atoms with Crippen molar-refractivity contribution in [2.75, 3.05) is 6.54 Å². The number of imidazole rings is 1. The largest absolute Gasteiger partial charge is 0.348 e. The van der Waals surface area contributed by atoms with Gasteiger partial charge in [0.25, 0.3) is 0 Å². The molecular formula is C12H11FN4O2S. The number of hydrogen-bond donors (Lipinski definition) is 2. The average molecular weight is 294 g/mol. The molecule has 2 N–H and O–H groups in total. The molecule has 1 heterocycles. The van der Waals surface area contributed by atoms with Gasteiger partial charge in [0.2, 0.25) is 10.0 Å². The lowest BCUT2D eigenvalue weighted by Gasteiger charge is -2.06. The Morgan fingerprint density at radius 3 is 2.90 bits per heavy atom. The second-order valence-corrected chi connectivity index (χ2v) is 5.75. The molecule has 0 atom stereocenters. The number of aromatic amines is 1. The number of sulfonamides is 1. The number of nitriles is 1. The van der Waals surface area contributed by atoms with Crippen molar-refractivity contribution >= 4 is 10.0 Å². The van der Waals surface area contributed by atoms with E-state index in [0.29, 0.717) is 6.42 Å². The van der Waals surface area contributed by atoms with Gasteiger partial charge in [-0.2, -0.15) is 5.26 Å². The molecule has 0 saturated carbocycles. The van der Waals surface area contributed by atoms with Gasteiger partial charge >= 0.3 is 0 Å². The van der Waals surface area contributed by atoms with Crippen molar-refractivity contribution in [3.63, 3.8) is 0 Å². The van der Waals surface area contributed by atoms with Crippen LogP contribution < -0.4 is 4.72 Å². The summed E-state index contributed by atoms with van der Waals surface area (Å²) in [5, 5.41) is 8.69. The highest BCUT2D eigenvalue weighted by Gasteiger charge is 2.15. The van der Waals surface area contributed by atoms with Gasteiger partial charge in [0, 0.05) is 24.9 Å². The van der Waals surface area contributed by atoms with E-state index in [1.54, 1.807) is 12.3 Å². The minimum Gasteiger partial charge on any atom is -0.348 e. The molecule has 0 aliphatic rings. The van der Waals surface area contributed by atoms with Crippen LogP contribution in [-0.4, -0.2) is 24.9 Å². The summed E-state index contributed by atoms with van der Waals surface area (Å²) in [6, 6.07) is 4.69. The minimum absolute atomic E-state index is 0.139. The Labute approximate surface area is 115 Å². The summed E-state index contributed by atoms with van der Waals surface area (Å²) >= 11 is 0. The van der Waals surface area contributed by atoms with E-state index < -0.39 is 15.8 Å². The summed E-state index contributed by atoms with van der Waals surface area (Å²) < 4.78 is 39.5. The molecule has 1 aromatic carbocycles. The highest BCUT2D eigenvalue weighted by molar-refractivity contribution is 7.89. The summed E-state index contributed by atoms with van der Waals surface area (Å²) in [6.07, 6.45) is 3.55.